The fourth-order valence-corrected chi connectivity index (χ4v) is 4.27. The predicted octanol–water partition coefficient (Wildman–Crippen LogP) is 0.631. The minimum Gasteiger partial charge on any atom is -0.481 e. The highest BCUT2D eigenvalue weighted by atomic mass is 32.2. The van der Waals surface area contributed by atoms with E-state index >= 15 is 0 Å². The second-order valence-corrected chi connectivity index (χ2v) is 8.15. The number of hydrogen-bond donors (Lipinski definition) is 2. The van der Waals surface area contributed by atoms with Crippen molar-refractivity contribution in [3.63, 3.8) is 0 Å². The van der Waals surface area contributed by atoms with Crippen molar-refractivity contribution in [3.05, 3.63) is 0 Å². The van der Waals surface area contributed by atoms with Gasteiger partial charge in [0.25, 0.3) is 0 Å². The van der Waals surface area contributed by atoms with Gasteiger partial charge in [-0.15, -0.1) is 11.8 Å². The molecule has 0 aromatic heterocycles. The molecule has 0 aromatic rings. The first-order valence-corrected chi connectivity index (χ1v) is 10.8. The minimum absolute atomic E-state index is 0.0287. The average Bonchev–Trinajstić information content (AvgIpc) is 2.62. The molecule has 176 valence electrons. The van der Waals surface area contributed by atoms with Crippen LogP contribution >= 0.6 is 11.8 Å². The Morgan fingerprint density at radius 3 is 2.06 bits per heavy atom. The molecule has 1 heterocycles. The number of carboxylic acids is 1. The Balaban J connectivity index is 3.11. The van der Waals surface area contributed by atoms with Crippen molar-refractivity contribution < 1.29 is 48.0 Å². The molecule has 0 aliphatic carbocycles. The molecule has 11 nitrogen and oxygen atoms in total. The Hall–Kier alpha value is -2.34. The number of hydrogen-bond acceptors (Lipinski definition) is 10. The summed E-state index contributed by atoms with van der Waals surface area (Å²) >= 11 is 1.29. The minimum atomic E-state index is -1.12. The summed E-state index contributed by atoms with van der Waals surface area (Å²) < 4.78 is 21.7. The van der Waals surface area contributed by atoms with E-state index in [4.69, 9.17) is 24.1 Å². The van der Waals surface area contributed by atoms with E-state index in [1.807, 2.05) is 0 Å². The van der Waals surface area contributed by atoms with Gasteiger partial charge in [0.05, 0.1) is 0 Å². The molecule has 0 saturated carbocycles. The van der Waals surface area contributed by atoms with Gasteiger partial charge in [0.15, 0.2) is 12.2 Å². The number of carbonyl (C=O) groups is 5. The van der Waals surface area contributed by atoms with E-state index in [1.165, 1.54) is 39.5 Å². The van der Waals surface area contributed by atoms with E-state index in [9.17, 15) is 24.0 Å². The lowest BCUT2D eigenvalue weighted by atomic mass is 9.97. The number of carboxylic acid groups (broad SMARTS) is 1. The maximum Gasteiger partial charge on any atom is 0.303 e. The predicted molar refractivity (Wildman–Crippen MR) is 108 cm³/mol. The number of rotatable bonds is 11. The van der Waals surface area contributed by atoms with Gasteiger partial charge in [-0.25, -0.2) is 0 Å². The number of esters is 3. The Kier molecular flexibility index (Phi) is 11.3. The zero-order valence-corrected chi connectivity index (χ0v) is 18.8. The lowest BCUT2D eigenvalue weighted by Gasteiger charge is -2.45. The van der Waals surface area contributed by atoms with Gasteiger partial charge >= 0.3 is 23.9 Å². The van der Waals surface area contributed by atoms with Crippen LogP contribution in [0.25, 0.3) is 0 Å². The summed E-state index contributed by atoms with van der Waals surface area (Å²) in [6.07, 6.45) is -2.10. The average molecular weight is 464 g/mol. The molecule has 1 aliphatic heterocycles. The lowest BCUT2D eigenvalue weighted by molar-refractivity contribution is -0.211. The molecule has 1 fully saturated rings. The normalized spacial score (nSPS) is 25.2. The standard InChI is InChI=1S/C19H29NO10S/c1-10(21)20-16-18(29-13(4)24)17(28-12(3)23)14(9-27-11(2)22)30-19(16)31-8-6-5-7-15(25)26/h14,16-19H,5-9H2,1-4H3,(H,20,21)(H,25,26)/t14?,16-,17-,18?,19-/m0/s1. The highest BCUT2D eigenvalue weighted by Gasteiger charge is 2.50. The molecule has 0 bridgehead atoms. The number of unbranched alkanes of at least 4 members (excludes halogenated alkanes) is 1. The van der Waals surface area contributed by atoms with Crippen LogP contribution in [-0.2, 0) is 42.9 Å². The molecule has 0 aromatic carbocycles. The topological polar surface area (TPSA) is 155 Å². The highest BCUT2D eigenvalue weighted by molar-refractivity contribution is 7.99. The fraction of sp³-hybridized carbons (Fsp3) is 0.737. The molecule has 1 aliphatic rings. The van der Waals surface area contributed by atoms with Gasteiger partial charge in [-0.05, 0) is 18.6 Å². The monoisotopic (exact) mass is 463 g/mol. The van der Waals surface area contributed by atoms with E-state index in [-0.39, 0.29) is 13.0 Å². The molecule has 12 heteroatoms. The first-order chi connectivity index (χ1) is 14.5. The summed E-state index contributed by atoms with van der Waals surface area (Å²) in [5.74, 6) is -2.70. The lowest BCUT2D eigenvalue weighted by Crippen LogP contribution is -2.65. The van der Waals surface area contributed by atoms with Crippen LogP contribution < -0.4 is 5.32 Å². The Morgan fingerprint density at radius 1 is 0.935 bits per heavy atom. The quantitative estimate of drug-likeness (QED) is 0.252. The van der Waals surface area contributed by atoms with E-state index in [2.05, 4.69) is 5.32 Å². The second-order valence-electron chi connectivity index (χ2n) is 6.94. The van der Waals surface area contributed by atoms with E-state index < -0.39 is 59.6 Å². The van der Waals surface area contributed by atoms with Crippen molar-refractivity contribution in [3.8, 4) is 0 Å². The van der Waals surface area contributed by atoms with E-state index in [0.29, 0.717) is 18.6 Å². The third kappa shape index (κ3) is 10.0. The summed E-state index contributed by atoms with van der Waals surface area (Å²) in [5.41, 5.74) is -0.731. The summed E-state index contributed by atoms with van der Waals surface area (Å²) in [7, 11) is 0. The largest absolute Gasteiger partial charge is 0.481 e. The van der Waals surface area contributed by atoms with Crippen LogP contribution in [0.2, 0.25) is 0 Å². The molecular formula is C19H29NO10S. The second kappa shape index (κ2) is 13.2. The molecule has 2 unspecified atom stereocenters. The first kappa shape index (κ1) is 26.7. The van der Waals surface area contributed by atoms with Gasteiger partial charge in [0.2, 0.25) is 5.91 Å². The van der Waals surface area contributed by atoms with Gasteiger partial charge in [0, 0.05) is 34.1 Å². The molecule has 0 spiro atoms. The van der Waals surface area contributed by atoms with Crippen molar-refractivity contribution in [1.82, 2.24) is 5.32 Å². The number of carbonyl (C=O) groups excluding carboxylic acids is 4. The first-order valence-electron chi connectivity index (χ1n) is 9.75. The molecule has 31 heavy (non-hydrogen) atoms. The van der Waals surface area contributed by atoms with Crippen LogP contribution in [0.15, 0.2) is 0 Å². The highest BCUT2D eigenvalue weighted by Crippen LogP contribution is 2.33. The van der Waals surface area contributed by atoms with Gasteiger partial charge in [-0.2, -0.15) is 0 Å². The van der Waals surface area contributed by atoms with Crippen LogP contribution in [0.3, 0.4) is 0 Å². The zero-order valence-electron chi connectivity index (χ0n) is 18.0. The summed E-state index contributed by atoms with van der Waals surface area (Å²) in [4.78, 5) is 57.2. The SMILES string of the molecule is CC(=O)N[C@H]1C(OC(C)=O)[C@@H](OC(C)=O)C(COC(C)=O)O[C@H]1SCCCCC(=O)O. The Morgan fingerprint density at radius 2 is 1.55 bits per heavy atom. The van der Waals surface area contributed by atoms with Crippen molar-refractivity contribution >= 4 is 41.5 Å². The number of amides is 1. The van der Waals surface area contributed by atoms with E-state index in [0.717, 1.165) is 0 Å². The van der Waals surface area contributed by atoms with Gasteiger partial charge < -0.3 is 29.4 Å². The van der Waals surface area contributed by atoms with Crippen LogP contribution in [-0.4, -0.2) is 77.0 Å². The van der Waals surface area contributed by atoms with Crippen LogP contribution in [0.5, 0.6) is 0 Å². The third-order valence-corrected chi connectivity index (χ3v) is 5.40. The number of thioether (sulfide) groups is 1. The molecular weight excluding hydrogens is 434 g/mol. The summed E-state index contributed by atoms with van der Waals surface area (Å²) in [6, 6.07) is -0.858. The van der Waals surface area contributed by atoms with E-state index in [1.54, 1.807) is 0 Å². The summed E-state index contributed by atoms with van der Waals surface area (Å²) in [6.45, 7) is 4.59. The number of nitrogens with one attached hydrogen (secondary N) is 1. The van der Waals surface area contributed by atoms with Gasteiger partial charge in [-0.1, -0.05) is 0 Å². The van der Waals surface area contributed by atoms with Gasteiger partial charge in [0.1, 0.15) is 24.2 Å². The zero-order chi connectivity index (χ0) is 23.6. The molecule has 5 atom stereocenters. The maximum absolute atomic E-state index is 11.8. The molecule has 0 radical (unpaired) electrons. The number of aliphatic carboxylic acids is 1. The molecule has 1 rings (SSSR count). The van der Waals surface area contributed by atoms with Crippen molar-refractivity contribution in [2.24, 2.45) is 0 Å². The molecule has 2 N–H and O–H groups in total. The van der Waals surface area contributed by atoms with Crippen molar-refractivity contribution in [2.75, 3.05) is 12.4 Å². The van der Waals surface area contributed by atoms with Crippen molar-refractivity contribution in [1.29, 1.82) is 0 Å². The Bertz CT molecular complexity index is 670. The third-order valence-electron chi connectivity index (χ3n) is 4.14. The fourth-order valence-electron chi connectivity index (χ4n) is 3.01. The summed E-state index contributed by atoms with van der Waals surface area (Å²) in [5, 5.41) is 11.4. The molecule has 1 saturated heterocycles. The maximum atomic E-state index is 11.8. The number of ether oxygens (including phenoxy) is 4. The van der Waals surface area contributed by atoms with Gasteiger partial charge in [-0.3, -0.25) is 24.0 Å². The Labute approximate surface area is 184 Å². The van der Waals surface area contributed by atoms with Crippen LogP contribution in [0, 0.1) is 0 Å². The smallest absolute Gasteiger partial charge is 0.303 e. The van der Waals surface area contributed by atoms with Crippen molar-refractivity contribution in [2.45, 2.75) is 76.7 Å². The van der Waals surface area contributed by atoms with Crippen LogP contribution in [0.4, 0.5) is 0 Å². The van der Waals surface area contributed by atoms with Crippen LogP contribution in [0.1, 0.15) is 47.0 Å². The molecule has 1 amide bonds.